The lowest BCUT2D eigenvalue weighted by Gasteiger charge is -2.12. The third-order valence-electron chi connectivity index (χ3n) is 2.73. The van der Waals surface area contributed by atoms with Crippen LogP contribution in [0.2, 0.25) is 0 Å². The van der Waals surface area contributed by atoms with Crippen molar-refractivity contribution >= 4 is 9.84 Å². The van der Waals surface area contributed by atoms with Crippen molar-refractivity contribution < 1.29 is 18.3 Å². The number of hydrogen-bond acceptors (Lipinski definition) is 4. The van der Waals surface area contributed by atoms with E-state index >= 15 is 0 Å². The molecule has 0 bridgehead atoms. The second kappa shape index (κ2) is 6.20. The summed E-state index contributed by atoms with van der Waals surface area (Å²) >= 11 is 0. The largest absolute Gasteiger partial charge is 0.492 e. The highest BCUT2D eigenvalue weighted by molar-refractivity contribution is 7.91. The average Bonchev–Trinajstić information content (AvgIpc) is 2.30. The summed E-state index contributed by atoms with van der Waals surface area (Å²) in [7, 11) is -3.08. The van der Waals surface area contributed by atoms with Gasteiger partial charge in [0.25, 0.3) is 0 Å². The smallest absolute Gasteiger partial charge is 0.155 e. The van der Waals surface area contributed by atoms with Crippen molar-refractivity contribution in [1.82, 2.24) is 0 Å². The Morgan fingerprint density at radius 3 is 2.56 bits per heavy atom. The molecule has 0 heterocycles. The van der Waals surface area contributed by atoms with Gasteiger partial charge < -0.3 is 9.84 Å². The molecular weight excluding hydrogens is 252 g/mol. The van der Waals surface area contributed by atoms with Crippen molar-refractivity contribution in [2.24, 2.45) is 0 Å². The molecule has 1 aromatic rings. The van der Waals surface area contributed by atoms with Gasteiger partial charge in [0.15, 0.2) is 9.84 Å². The molecule has 4 nitrogen and oxygen atoms in total. The zero-order chi connectivity index (χ0) is 13.8. The van der Waals surface area contributed by atoms with Gasteiger partial charge in [0.1, 0.15) is 12.4 Å². The fourth-order valence-corrected chi connectivity index (χ4v) is 2.26. The lowest BCUT2D eigenvalue weighted by Crippen LogP contribution is -2.22. The Kier molecular flexibility index (Phi) is 5.16. The number of hydrogen-bond donors (Lipinski definition) is 1. The van der Waals surface area contributed by atoms with E-state index < -0.39 is 15.1 Å². The first-order valence-corrected chi connectivity index (χ1v) is 7.63. The molecule has 0 aliphatic heterocycles. The molecule has 1 aromatic carbocycles. The average molecular weight is 272 g/mol. The van der Waals surface area contributed by atoms with E-state index in [9.17, 15) is 13.5 Å². The third kappa shape index (κ3) is 3.99. The summed E-state index contributed by atoms with van der Waals surface area (Å²) in [6, 6.07) is 5.45. The maximum atomic E-state index is 11.6. The van der Waals surface area contributed by atoms with Gasteiger partial charge in [-0.2, -0.15) is 0 Å². The van der Waals surface area contributed by atoms with Crippen LogP contribution >= 0.6 is 0 Å². The van der Waals surface area contributed by atoms with Gasteiger partial charge in [-0.25, -0.2) is 8.42 Å². The quantitative estimate of drug-likeness (QED) is 0.856. The van der Waals surface area contributed by atoms with Gasteiger partial charge >= 0.3 is 0 Å². The molecule has 0 radical (unpaired) electrons. The Morgan fingerprint density at radius 1 is 1.33 bits per heavy atom. The fourth-order valence-electron chi connectivity index (χ4n) is 1.48. The summed E-state index contributed by atoms with van der Waals surface area (Å²) in [4.78, 5) is 0. The van der Waals surface area contributed by atoms with Gasteiger partial charge in [-0.15, -0.1) is 0 Å². The van der Waals surface area contributed by atoms with Crippen LogP contribution in [0.5, 0.6) is 5.75 Å². The fraction of sp³-hybridized carbons (Fsp3) is 0.538. The molecule has 0 aromatic heterocycles. The molecule has 0 aliphatic rings. The summed E-state index contributed by atoms with van der Waals surface area (Å²) in [5.74, 6) is 0.533. The maximum absolute atomic E-state index is 11.6. The molecule has 0 amide bonds. The van der Waals surface area contributed by atoms with Crippen molar-refractivity contribution in [2.75, 3.05) is 12.4 Å². The standard InChI is InChI=1S/C13H20O4S/c1-10(2)18(15,16)7-6-17-13-5-4-11(3)8-12(13)9-14/h4-5,8,10,14H,6-7,9H2,1-3H3. The van der Waals surface area contributed by atoms with Gasteiger partial charge in [-0.3, -0.25) is 0 Å². The Balaban J connectivity index is 2.65. The molecule has 0 saturated heterocycles. The van der Waals surface area contributed by atoms with Crippen LogP contribution in [0.3, 0.4) is 0 Å². The molecule has 0 spiro atoms. The van der Waals surface area contributed by atoms with Crippen LogP contribution in [0.4, 0.5) is 0 Å². The lowest BCUT2D eigenvalue weighted by molar-refractivity contribution is 0.267. The zero-order valence-corrected chi connectivity index (χ0v) is 11.8. The molecule has 102 valence electrons. The Labute approximate surface area is 109 Å². The molecule has 1 N–H and O–H groups in total. The summed E-state index contributed by atoms with van der Waals surface area (Å²) in [6.45, 7) is 5.22. The van der Waals surface area contributed by atoms with Crippen LogP contribution in [0.1, 0.15) is 25.0 Å². The van der Waals surface area contributed by atoms with Crippen molar-refractivity contribution in [3.63, 3.8) is 0 Å². The van der Waals surface area contributed by atoms with E-state index in [1.807, 2.05) is 19.1 Å². The van der Waals surface area contributed by atoms with E-state index in [-0.39, 0.29) is 19.0 Å². The maximum Gasteiger partial charge on any atom is 0.155 e. The summed E-state index contributed by atoms with van der Waals surface area (Å²) in [5.41, 5.74) is 1.71. The predicted octanol–water partition coefficient (Wildman–Crippen LogP) is 1.69. The van der Waals surface area contributed by atoms with Crippen LogP contribution in [-0.4, -0.2) is 31.1 Å². The molecule has 0 aliphatic carbocycles. The first-order valence-electron chi connectivity index (χ1n) is 5.91. The highest BCUT2D eigenvalue weighted by atomic mass is 32.2. The van der Waals surface area contributed by atoms with Crippen molar-refractivity contribution in [3.8, 4) is 5.75 Å². The first-order chi connectivity index (χ1) is 8.36. The molecule has 18 heavy (non-hydrogen) atoms. The van der Waals surface area contributed by atoms with Gasteiger partial charge in [0.05, 0.1) is 17.6 Å². The number of benzene rings is 1. The Bertz CT molecular complexity index is 492. The van der Waals surface area contributed by atoms with Gasteiger partial charge in [0, 0.05) is 5.56 Å². The SMILES string of the molecule is Cc1ccc(OCCS(=O)(=O)C(C)C)c(CO)c1. The molecule has 1 rings (SSSR count). The summed E-state index contributed by atoms with van der Waals surface area (Å²) in [6.07, 6.45) is 0. The molecule has 0 fully saturated rings. The minimum atomic E-state index is -3.08. The number of aliphatic hydroxyl groups is 1. The zero-order valence-electron chi connectivity index (χ0n) is 11.0. The van der Waals surface area contributed by atoms with Crippen LogP contribution < -0.4 is 4.74 Å². The van der Waals surface area contributed by atoms with E-state index in [4.69, 9.17) is 4.74 Å². The minimum absolute atomic E-state index is 0.0105. The van der Waals surface area contributed by atoms with Gasteiger partial charge in [0.2, 0.25) is 0 Å². The lowest BCUT2D eigenvalue weighted by atomic mass is 10.1. The first kappa shape index (κ1) is 15.0. The topological polar surface area (TPSA) is 63.6 Å². The van der Waals surface area contributed by atoms with Crippen molar-refractivity contribution in [3.05, 3.63) is 29.3 Å². The van der Waals surface area contributed by atoms with Crippen LogP contribution in [0, 0.1) is 6.92 Å². The molecule has 5 heteroatoms. The number of sulfone groups is 1. The highest BCUT2D eigenvalue weighted by Crippen LogP contribution is 2.20. The second-order valence-electron chi connectivity index (χ2n) is 4.53. The monoisotopic (exact) mass is 272 g/mol. The van der Waals surface area contributed by atoms with Crippen LogP contribution in [0.15, 0.2) is 18.2 Å². The van der Waals surface area contributed by atoms with Crippen molar-refractivity contribution in [2.45, 2.75) is 32.6 Å². The van der Waals surface area contributed by atoms with E-state index in [0.717, 1.165) is 5.56 Å². The molecule has 0 saturated carbocycles. The Hall–Kier alpha value is -1.07. The minimum Gasteiger partial charge on any atom is -0.492 e. The highest BCUT2D eigenvalue weighted by Gasteiger charge is 2.16. The Morgan fingerprint density at radius 2 is 2.00 bits per heavy atom. The second-order valence-corrected chi connectivity index (χ2v) is 7.21. The molecule has 0 atom stereocenters. The van der Waals surface area contributed by atoms with Gasteiger partial charge in [-0.1, -0.05) is 17.7 Å². The van der Waals surface area contributed by atoms with E-state index in [1.165, 1.54) is 0 Å². The number of rotatable bonds is 6. The predicted molar refractivity (Wildman–Crippen MR) is 71.5 cm³/mol. The third-order valence-corrected chi connectivity index (χ3v) is 4.90. The normalized spacial score (nSPS) is 11.8. The van der Waals surface area contributed by atoms with Crippen LogP contribution in [0.25, 0.3) is 0 Å². The van der Waals surface area contributed by atoms with Crippen molar-refractivity contribution in [1.29, 1.82) is 0 Å². The molecular formula is C13H20O4S. The van der Waals surface area contributed by atoms with Gasteiger partial charge in [-0.05, 0) is 26.8 Å². The van der Waals surface area contributed by atoms with Crippen LogP contribution in [-0.2, 0) is 16.4 Å². The number of aryl methyl sites for hydroxylation is 1. The number of aliphatic hydroxyl groups excluding tert-OH is 1. The summed E-state index contributed by atoms with van der Waals surface area (Å²) in [5, 5.41) is 8.80. The summed E-state index contributed by atoms with van der Waals surface area (Å²) < 4.78 is 28.6. The number of ether oxygens (including phenoxy) is 1. The molecule has 0 unspecified atom stereocenters. The van der Waals surface area contributed by atoms with E-state index in [1.54, 1.807) is 19.9 Å². The van der Waals surface area contributed by atoms with E-state index in [2.05, 4.69) is 0 Å². The van der Waals surface area contributed by atoms with E-state index in [0.29, 0.717) is 11.3 Å².